The molecule has 29 heavy (non-hydrogen) atoms. The predicted octanol–water partition coefficient (Wildman–Crippen LogP) is 2.04. The molecule has 2 saturated heterocycles. The fourth-order valence-corrected chi connectivity index (χ4v) is 4.04. The number of nitrogens with one attached hydrogen (secondary N) is 2. The first-order valence-corrected chi connectivity index (χ1v) is 10.1. The van der Waals surface area contributed by atoms with Crippen molar-refractivity contribution in [2.45, 2.75) is 31.7 Å². The number of rotatable bonds is 6. The van der Waals surface area contributed by atoms with Gasteiger partial charge in [-0.05, 0) is 37.5 Å². The lowest BCUT2D eigenvalue weighted by atomic mass is 10.1. The average Bonchev–Trinajstić information content (AvgIpc) is 3.41. The lowest BCUT2D eigenvalue weighted by molar-refractivity contribution is -0.117. The van der Waals surface area contributed by atoms with E-state index in [2.05, 4.69) is 25.5 Å². The summed E-state index contributed by atoms with van der Waals surface area (Å²) in [4.78, 5) is 37.2. The summed E-state index contributed by atoms with van der Waals surface area (Å²) in [6, 6.07) is 9.42. The number of carbonyl (C=O) groups excluding carboxylic acids is 2. The second kappa shape index (κ2) is 8.46. The van der Waals surface area contributed by atoms with Crippen LogP contribution in [-0.2, 0) is 4.79 Å². The molecular weight excluding hydrogens is 368 g/mol. The van der Waals surface area contributed by atoms with Gasteiger partial charge in [0.05, 0.1) is 0 Å². The van der Waals surface area contributed by atoms with Gasteiger partial charge < -0.3 is 20.4 Å². The first-order valence-electron chi connectivity index (χ1n) is 10.1. The van der Waals surface area contributed by atoms with E-state index in [9.17, 15) is 9.59 Å². The number of anilines is 3. The number of carbonyl (C=O) groups is 2. The zero-order chi connectivity index (χ0) is 20.2. The van der Waals surface area contributed by atoms with Crippen LogP contribution >= 0.6 is 0 Å². The Kier molecular flexibility index (Phi) is 5.59. The number of amides is 2. The van der Waals surface area contributed by atoms with Crippen molar-refractivity contribution in [3.8, 4) is 0 Å². The van der Waals surface area contributed by atoms with Gasteiger partial charge in [0.2, 0.25) is 5.91 Å². The van der Waals surface area contributed by atoms with E-state index in [0.717, 1.165) is 43.1 Å². The molecule has 0 spiro atoms. The minimum Gasteiger partial charge on any atom is -0.373 e. The van der Waals surface area contributed by atoms with Crippen LogP contribution in [0.1, 0.15) is 36.0 Å². The molecule has 0 saturated carbocycles. The Morgan fingerprint density at radius 1 is 1.21 bits per heavy atom. The van der Waals surface area contributed by atoms with E-state index in [1.807, 2.05) is 25.2 Å². The van der Waals surface area contributed by atoms with Gasteiger partial charge >= 0.3 is 0 Å². The minimum absolute atomic E-state index is 0.120. The van der Waals surface area contributed by atoms with Crippen LogP contribution in [0.5, 0.6) is 0 Å². The normalized spacial score (nSPS) is 18.9. The van der Waals surface area contributed by atoms with Crippen LogP contribution in [-0.4, -0.2) is 54.5 Å². The van der Waals surface area contributed by atoms with Crippen LogP contribution < -0.4 is 20.4 Å². The van der Waals surface area contributed by atoms with Gasteiger partial charge in [0.15, 0.2) is 0 Å². The molecule has 2 fully saturated rings. The van der Waals surface area contributed by atoms with Crippen molar-refractivity contribution in [3.63, 3.8) is 0 Å². The summed E-state index contributed by atoms with van der Waals surface area (Å²) in [6.07, 6.45) is 5.06. The van der Waals surface area contributed by atoms with Gasteiger partial charge in [0, 0.05) is 56.5 Å². The molecule has 1 atom stereocenters. The Balaban J connectivity index is 1.40. The fraction of sp³-hybridized carbons (Fsp3) is 0.429. The summed E-state index contributed by atoms with van der Waals surface area (Å²) in [5.41, 5.74) is 1.37. The summed E-state index contributed by atoms with van der Waals surface area (Å²) < 4.78 is 0. The fourth-order valence-electron chi connectivity index (χ4n) is 4.04. The Morgan fingerprint density at radius 3 is 2.90 bits per heavy atom. The Bertz CT molecular complexity index is 902. The molecule has 2 aliphatic heterocycles. The molecule has 0 bridgehead atoms. The molecule has 1 aromatic carbocycles. The van der Waals surface area contributed by atoms with Gasteiger partial charge in [0.25, 0.3) is 5.91 Å². The van der Waals surface area contributed by atoms with Gasteiger partial charge in [-0.25, -0.2) is 9.97 Å². The first-order chi connectivity index (χ1) is 14.2. The van der Waals surface area contributed by atoms with E-state index < -0.39 is 0 Å². The first kappa shape index (κ1) is 19.2. The Hall–Kier alpha value is -3.16. The van der Waals surface area contributed by atoms with Crippen LogP contribution in [0, 0.1) is 0 Å². The van der Waals surface area contributed by atoms with Crippen molar-refractivity contribution in [2.24, 2.45) is 0 Å². The number of nitrogens with zero attached hydrogens (tertiary/aromatic N) is 4. The molecule has 8 nitrogen and oxygen atoms in total. The van der Waals surface area contributed by atoms with Crippen LogP contribution in [0.25, 0.3) is 0 Å². The topological polar surface area (TPSA) is 90.5 Å². The van der Waals surface area contributed by atoms with E-state index in [0.29, 0.717) is 25.1 Å². The highest BCUT2D eigenvalue weighted by Crippen LogP contribution is 2.25. The zero-order valence-corrected chi connectivity index (χ0v) is 16.6. The highest BCUT2D eigenvalue weighted by atomic mass is 16.2. The van der Waals surface area contributed by atoms with E-state index in [-0.39, 0.29) is 17.9 Å². The summed E-state index contributed by atoms with van der Waals surface area (Å²) >= 11 is 0. The summed E-state index contributed by atoms with van der Waals surface area (Å²) in [6.45, 7) is 2.17. The molecule has 0 radical (unpaired) electrons. The monoisotopic (exact) mass is 394 g/mol. The second-order valence-corrected chi connectivity index (χ2v) is 7.41. The average molecular weight is 394 g/mol. The summed E-state index contributed by atoms with van der Waals surface area (Å²) in [5.74, 6) is 1.65. The maximum absolute atomic E-state index is 12.7. The van der Waals surface area contributed by atoms with Crippen molar-refractivity contribution >= 4 is 29.1 Å². The molecule has 2 aromatic rings. The van der Waals surface area contributed by atoms with E-state index in [4.69, 9.17) is 0 Å². The molecule has 4 rings (SSSR count). The molecule has 2 aliphatic rings. The van der Waals surface area contributed by atoms with Crippen molar-refractivity contribution in [1.82, 2.24) is 15.3 Å². The Labute approximate surface area is 170 Å². The van der Waals surface area contributed by atoms with Gasteiger partial charge in [-0.3, -0.25) is 9.59 Å². The van der Waals surface area contributed by atoms with Crippen LogP contribution in [0.2, 0.25) is 0 Å². The standard InChI is InChI=1S/C21H26N6O2/c1-22-18-12-19(25-14-24-18)26-9-3-7-17(26)13-23-21(29)15-5-2-6-16(11-15)27-10-4-8-20(27)28/h2,5-6,11-12,14,17H,3-4,7-10,13H2,1H3,(H,23,29)(H,22,24,25). The smallest absolute Gasteiger partial charge is 0.251 e. The number of benzene rings is 1. The minimum atomic E-state index is -0.121. The molecule has 1 unspecified atom stereocenters. The molecule has 0 aliphatic carbocycles. The van der Waals surface area contributed by atoms with Crippen molar-refractivity contribution < 1.29 is 9.59 Å². The van der Waals surface area contributed by atoms with Crippen LogP contribution in [0.15, 0.2) is 36.7 Å². The number of aromatic nitrogens is 2. The van der Waals surface area contributed by atoms with E-state index in [1.54, 1.807) is 23.4 Å². The molecule has 2 amide bonds. The third kappa shape index (κ3) is 4.16. The maximum atomic E-state index is 12.7. The van der Waals surface area contributed by atoms with Gasteiger partial charge in [-0.1, -0.05) is 6.07 Å². The molecule has 2 N–H and O–H groups in total. The second-order valence-electron chi connectivity index (χ2n) is 7.41. The quantitative estimate of drug-likeness (QED) is 0.779. The van der Waals surface area contributed by atoms with Gasteiger partial charge in [-0.15, -0.1) is 0 Å². The third-order valence-electron chi connectivity index (χ3n) is 5.57. The summed E-state index contributed by atoms with van der Waals surface area (Å²) in [7, 11) is 1.83. The largest absolute Gasteiger partial charge is 0.373 e. The van der Waals surface area contributed by atoms with E-state index >= 15 is 0 Å². The highest BCUT2D eigenvalue weighted by molar-refractivity contribution is 5.99. The zero-order valence-electron chi connectivity index (χ0n) is 16.6. The SMILES string of the molecule is CNc1cc(N2CCCC2CNC(=O)c2cccc(N3CCCC3=O)c2)ncn1. The molecule has 8 heteroatoms. The Morgan fingerprint density at radius 2 is 2.10 bits per heavy atom. The van der Waals surface area contributed by atoms with Crippen LogP contribution in [0.3, 0.4) is 0 Å². The highest BCUT2D eigenvalue weighted by Gasteiger charge is 2.27. The molecule has 3 heterocycles. The van der Waals surface area contributed by atoms with E-state index in [1.165, 1.54) is 0 Å². The lowest BCUT2D eigenvalue weighted by Gasteiger charge is -2.26. The van der Waals surface area contributed by atoms with Crippen molar-refractivity contribution in [1.29, 1.82) is 0 Å². The van der Waals surface area contributed by atoms with Crippen molar-refractivity contribution in [3.05, 3.63) is 42.2 Å². The van der Waals surface area contributed by atoms with Gasteiger partial charge in [0.1, 0.15) is 18.0 Å². The lowest BCUT2D eigenvalue weighted by Crippen LogP contribution is -2.40. The number of hydrogen-bond acceptors (Lipinski definition) is 6. The number of hydrogen-bond donors (Lipinski definition) is 2. The van der Waals surface area contributed by atoms with Gasteiger partial charge in [-0.2, -0.15) is 0 Å². The van der Waals surface area contributed by atoms with Crippen molar-refractivity contribution in [2.75, 3.05) is 41.8 Å². The third-order valence-corrected chi connectivity index (χ3v) is 5.57. The molecule has 152 valence electrons. The maximum Gasteiger partial charge on any atom is 0.251 e. The van der Waals surface area contributed by atoms with Crippen LogP contribution in [0.4, 0.5) is 17.3 Å². The summed E-state index contributed by atoms with van der Waals surface area (Å²) in [5, 5.41) is 6.09. The molecule has 1 aromatic heterocycles. The predicted molar refractivity (Wildman–Crippen MR) is 112 cm³/mol. The molecular formula is C21H26N6O2.